The average molecular weight is 254 g/mol. The fraction of sp³-hybridized carbons (Fsp3) is 0.429. The number of benzene rings is 1. The van der Waals surface area contributed by atoms with Crippen molar-refractivity contribution in [2.75, 3.05) is 13.7 Å². The summed E-state index contributed by atoms with van der Waals surface area (Å²) < 4.78 is 5.35. The van der Waals surface area contributed by atoms with Crippen molar-refractivity contribution < 1.29 is 4.74 Å². The molecule has 0 amide bonds. The molecule has 1 rings (SSSR count). The van der Waals surface area contributed by atoms with Gasteiger partial charge in [-0.3, -0.25) is 0 Å². The van der Waals surface area contributed by atoms with Crippen LogP contribution >= 0.6 is 11.6 Å². The van der Waals surface area contributed by atoms with Crippen LogP contribution in [0.5, 0.6) is 5.75 Å². The third-order valence-corrected chi connectivity index (χ3v) is 2.89. The second-order valence-corrected chi connectivity index (χ2v) is 4.38. The van der Waals surface area contributed by atoms with Crippen LogP contribution in [0.2, 0.25) is 5.02 Å². The Bertz CT molecular complexity index is 365. The van der Waals surface area contributed by atoms with Crippen molar-refractivity contribution in [3.8, 4) is 5.75 Å². The van der Waals surface area contributed by atoms with Gasteiger partial charge in [0.1, 0.15) is 5.75 Å². The third kappa shape index (κ3) is 4.41. The smallest absolute Gasteiger partial charge is 0.122 e. The minimum Gasteiger partial charge on any atom is -0.496 e. The normalized spacial score (nSPS) is 12.2. The number of ether oxygens (including phenoxy) is 1. The lowest BCUT2D eigenvalue weighted by molar-refractivity contribution is 0.405. The van der Waals surface area contributed by atoms with E-state index in [0.29, 0.717) is 6.04 Å². The maximum atomic E-state index is 6.02. The van der Waals surface area contributed by atoms with E-state index >= 15 is 0 Å². The number of likely N-dealkylation sites (N-methyl/N-ethyl adjacent to an activating group) is 1. The van der Waals surface area contributed by atoms with E-state index in [1.54, 1.807) is 7.11 Å². The predicted octanol–water partition coefficient (Wildman–Crippen LogP) is 3.45. The fourth-order valence-electron chi connectivity index (χ4n) is 1.90. The van der Waals surface area contributed by atoms with Crippen molar-refractivity contribution in [3.63, 3.8) is 0 Å². The molecule has 1 atom stereocenters. The summed E-state index contributed by atoms with van der Waals surface area (Å²) in [6.07, 6.45) is 3.76. The Balaban J connectivity index is 2.82. The summed E-state index contributed by atoms with van der Waals surface area (Å²) >= 11 is 6.02. The summed E-state index contributed by atoms with van der Waals surface area (Å²) in [5.74, 6) is 0.890. The lowest BCUT2D eigenvalue weighted by Crippen LogP contribution is -2.30. The molecule has 0 radical (unpaired) electrons. The molecule has 2 nitrogen and oxygen atoms in total. The first-order chi connectivity index (χ1) is 8.21. The summed E-state index contributed by atoms with van der Waals surface area (Å²) in [5, 5.41) is 4.18. The molecule has 0 saturated carbocycles. The van der Waals surface area contributed by atoms with Crippen LogP contribution < -0.4 is 10.1 Å². The zero-order valence-corrected chi connectivity index (χ0v) is 11.3. The molecule has 1 aromatic rings. The maximum absolute atomic E-state index is 6.02. The van der Waals surface area contributed by atoms with E-state index in [2.05, 4.69) is 18.8 Å². The molecule has 1 N–H and O–H groups in total. The first kappa shape index (κ1) is 14.1. The lowest BCUT2D eigenvalue weighted by Gasteiger charge is -2.18. The van der Waals surface area contributed by atoms with Gasteiger partial charge in [-0.1, -0.05) is 24.6 Å². The van der Waals surface area contributed by atoms with Crippen molar-refractivity contribution in [2.24, 2.45) is 0 Å². The highest BCUT2D eigenvalue weighted by Crippen LogP contribution is 2.24. The van der Waals surface area contributed by atoms with Crippen molar-refractivity contribution in [1.82, 2.24) is 5.32 Å². The molecule has 1 aromatic carbocycles. The molecule has 0 aromatic heterocycles. The van der Waals surface area contributed by atoms with Gasteiger partial charge in [-0.05, 0) is 43.1 Å². The van der Waals surface area contributed by atoms with Crippen LogP contribution in [0.15, 0.2) is 30.9 Å². The number of nitrogens with one attached hydrogen (secondary N) is 1. The molecule has 1 unspecified atom stereocenters. The van der Waals surface area contributed by atoms with Crippen LogP contribution in [0.1, 0.15) is 18.9 Å². The van der Waals surface area contributed by atoms with Crippen molar-refractivity contribution in [2.45, 2.75) is 25.8 Å². The SMILES string of the molecule is C=CCC(Cc1cc(Cl)ccc1OC)NCC. The zero-order valence-electron chi connectivity index (χ0n) is 10.5. The number of methoxy groups -OCH3 is 1. The molecule has 0 heterocycles. The zero-order chi connectivity index (χ0) is 12.7. The van der Waals surface area contributed by atoms with E-state index in [0.717, 1.165) is 35.7 Å². The second kappa shape index (κ2) is 7.36. The van der Waals surface area contributed by atoms with Crippen molar-refractivity contribution >= 4 is 11.6 Å². The molecule has 17 heavy (non-hydrogen) atoms. The van der Waals surface area contributed by atoms with Gasteiger partial charge in [0.05, 0.1) is 7.11 Å². The van der Waals surface area contributed by atoms with E-state index in [9.17, 15) is 0 Å². The molecule has 0 saturated heterocycles. The number of halogens is 1. The molecule has 0 aliphatic carbocycles. The van der Waals surface area contributed by atoms with E-state index in [4.69, 9.17) is 16.3 Å². The Morgan fingerprint density at radius 2 is 2.29 bits per heavy atom. The van der Waals surface area contributed by atoms with Crippen LogP contribution in [-0.4, -0.2) is 19.7 Å². The summed E-state index contributed by atoms with van der Waals surface area (Å²) in [4.78, 5) is 0. The Morgan fingerprint density at radius 1 is 1.53 bits per heavy atom. The van der Waals surface area contributed by atoms with Crippen LogP contribution in [0.25, 0.3) is 0 Å². The third-order valence-electron chi connectivity index (χ3n) is 2.65. The van der Waals surface area contributed by atoms with Gasteiger partial charge in [0.25, 0.3) is 0 Å². The second-order valence-electron chi connectivity index (χ2n) is 3.94. The topological polar surface area (TPSA) is 21.3 Å². The number of hydrogen-bond donors (Lipinski definition) is 1. The van der Waals surface area contributed by atoms with E-state index in [1.165, 1.54) is 0 Å². The van der Waals surface area contributed by atoms with Gasteiger partial charge in [0, 0.05) is 11.1 Å². The minimum absolute atomic E-state index is 0.380. The quantitative estimate of drug-likeness (QED) is 0.752. The van der Waals surface area contributed by atoms with Crippen LogP contribution in [-0.2, 0) is 6.42 Å². The van der Waals surface area contributed by atoms with Gasteiger partial charge in [0.15, 0.2) is 0 Å². The van der Waals surface area contributed by atoms with Crippen molar-refractivity contribution in [1.29, 1.82) is 0 Å². The fourth-order valence-corrected chi connectivity index (χ4v) is 2.10. The summed E-state index contributed by atoms with van der Waals surface area (Å²) in [5.41, 5.74) is 1.13. The largest absolute Gasteiger partial charge is 0.496 e. The molecular formula is C14H20ClNO. The molecule has 0 spiro atoms. The number of rotatable bonds is 7. The summed E-state index contributed by atoms with van der Waals surface area (Å²) in [7, 11) is 1.68. The number of hydrogen-bond acceptors (Lipinski definition) is 2. The molecule has 0 fully saturated rings. The Hall–Kier alpha value is -0.990. The van der Waals surface area contributed by atoms with Crippen molar-refractivity contribution in [3.05, 3.63) is 41.4 Å². The predicted molar refractivity (Wildman–Crippen MR) is 74.0 cm³/mol. The highest BCUT2D eigenvalue weighted by Gasteiger charge is 2.11. The summed E-state index contributed by atoms with van der Waals surface area (Å²) in [6.45, 7) is 6.84. The first-order valence-electron chi connectivity index (χ1n) is 5.88. The molecular weight excluding hydrogens is 234 g/mol. The monoisotopic (exact) mass is 253 g/mol. The molecule has 94 valence electrons. The summed E-state index contributed by atoms with van der Waals surface area (Å²) in [6, 6.07) is 6.10. The average Bonchev–Trinajstić information content (AvgIpc) is 2.30. The molecule has 0 bridgehead atoms. The van der Waals surface area contributed by atoms with Gasteiger partial charge in [-0.15, -0.1) is 6.58 Å². The van der Waals surface area contributed by atoms with E-state index < -0.39 is 0 Å². The Labute approximate surface area is 109 Å². The standard InChI is InChI=1S/C14H20ClNO/c1-4-6-13(16-5-2)10-11-9-12(15)7-8-14(11)17-3/h4,7-9,13,16H,1,5-6,10H2,2-3H3. The van der Waals surface area contributed by atoms with E-state index in [-0.39, 0.29) is 0 Å². The van der Waals surface area contributed by atoms with Crippen LogP contribution in [0.4, 0.5) is 0 Å². The molecule has 0 aliphatic rings. The van der Waals surface area contributed by atoms with Gasteiger partial charge in [-0.25, -0.2) is 0 Å². The highest BCUT2D eigenvalue weighted by atomic mass is 35.5. The highest BCUT2D eigenvalue weighted by molar-refractivity contribution is 6.30. The maximum Gasteiger partial charge on any atom is 0.122 e. The Kier molecular flexibility index (Phi) is 6.09. The minimum atomic E-state index is 0.380. The van der Waals surface area contributed by atoms with Gasteiger partial charge < -0.3 is 10.1 Å². The first-order valence-corrected chi connectivity index (χ1v) is 6.25. The van der Waals surface area contributed by atoms with Gasteiger partial charge in [-0.2, -0.15) is 0 Å². The van der Waals surface area contributed by atoms with Crippen LogP contribution in [0, 0.1) is 0 Å². The van der Waals surface area contributed by atoms with E-state index in [1.807, 2.05) is 24.3 Å². The van der Waals surface area contributed by atoms with Gasteiger partial charge >= 0.3 is 0 Å². The lowest BCUT2D eigenvalue weighted by atomic mass is 10.0. The van der Waals surface area contributed by atoms with Crippen LogP contribution in [0.3, 0.4) is 0 Å². The Morgan fingerprint density at radius 3 is 2.88 bits per heavy atom. The molecule has 3 heteroatoms. The molecule has 0 aliphatic heterocycles. The van der Waals surface area contributed by atoms with Gasteiger partial charge in [0.2, 0.25) is 0 Å².